The lowest BCUT2D eigenvalue weighted by molar-refractivity contribution is -0.138. The van der Waals surface area contributed by atoms with Gasteiger partial charge in [-0.1, -0.05) is 18.2 Å². The maximum Gasteiger partial charge on any atom is 0.321 e. The number of carboxylic acid groups (broad SMARTS) is 1. The van der Waals surface area contributed by atoms with Crippen molar-refractivity contribution in [2.75, 3.05) is 31.6 Å². The van der Waals surface area contributed by atoms with Crippen molar-refractivity contribution >= 4 is 17.7 Å². The predicted octanol–water partition coefficient (Wildman–Crippen LogP) is 0.994. The molecule has 0 radical (unpaired) electrons. The summed E-state index contributed by atoms with van der Waals surface area (Å²) >= 11 is 0. The molecule has 1 aliphatic heterocycles. The highest BCUT2D eigenvalue weighted by atomic mass is 16.4. The maximum atomic E-state index is 12.1. The molecule has 0 aliphatic carbocycles. The smallest absolute Gasteiger partial charge is 0.321 e. The molecule has 0 saturated carbocycles. The standard InChI is InChI=1S/C14H19N3O3/c1-15-7-4-8-16-14(20)17-9-11(13(18)19)10-5-2-3-6-12(10)17/h2-3,5-6,11,15H,4,7-9H2,1H3,(H,16,20)(H,18,19). The van der Waals surface area contributed by atoms with Crippen LogP contribution in [0.3, 0.4) is 0 Å². The minimum atomic E-state index is -0.900. The molecule has 1 heterocycles. The topological polar surface area (TPSA) is 81.7 Å². The van der Waals surface area contributed by atoms with E-state index in [4.69, 9.17) is 0 Å². The number of amides is 2. The number of fused-ring (bicyclic) bond motifs is 1. The Kier molecular flexibility index (Phi) is 4.57. The van der Waals surface area contributed by atoms with Crippen molar-refractivity contribution in [1.82, 2.24) is 10.6 Å². The summed E-state index contributed by atoms with van der Waals surface area (Å²) in [5.41, 5.74) is 1.39. The van der Waals surface area contributed by atoms with Crippen LogP contribution in [0, 0.1) is 0 Å². The molecule has 6 nitrogen and oxygen atoms in total. The fourth-order valence-corrected chi connectivity index (χ4v) is 2.37. The van der Waals surface area contributed by atoms with Gasteiger partial charge in [0.1, 0.15) is 5.92 Å². The van der Waals surface area contributed by atoms with Gasteiger partial charge in [0, 0.05) is 18.8 Å². The molecule has 20 heavy (non-hydrogen) atoms. The van der Waals surface area contributed by atoms with Crippen molar-refractivity contribution in [3.8, 4) is 0 Å². The van der Waals surface area contributed by atoms with E-state index in [-0.39, 0.29) is 12.6 Å². The van der Waals surface area contributed by atoms with Crippen LogP contribution in [0.15, 0.2) is 24.3 Å². The van der Waals surface area contributed by atoms with Gasteiger partial charge in [-0.05, 0) is 31.6 Å². The summed E-state index contributed by atoms with van der Waals surface area (Å²) in [6.45, 7) is 1.58. The zero-order valence-electron chi connectivity index (χ0n) is 11.4. The molecular formula is C14H19N3O3. The average Bonchev–Trinajstić information content (AvgIpc) is 2.83. The van der Waals surface area contributed by atoms with Crippen LogP contribution in [0.1, 0.15) is 17.9 Å². The molecule has 2 rings (SSSR count). The highest BCUT2D eigenvalue weighted by Gasteiger charge is 2.36. The largest absolute Gasteiger partial charge is 0.481 e. The van der Waals surface area contributed by atoms with Crippen LogP contribution in [0.4, 0.5) is 10.5 Å². The first-order chi connectivity index (χ1) is 9.65. The van der Waals surface area contributed by atoms with Crippen LogP contribution in [-0.2, 0) is 4.79 Å². The van der Waals surface area contributed by atoms with Crippen molar-refractivity contribution in [3.05, 3.63) is 29.8 Å². The molecular weight excluding hydrogens is 258 g/mol. The van der Waals surface area contributed by atoms with Crippen molar-refractivity contribution in [2.24, 2.45) is 0 Å². The molecule has 1 unspecified atom stereocenters. The fraction of sp³-hybridized carbons (Fsp3) is 0.429. The van der Waals surface area contributed by atoms with Gasteiger partial charge in [-0.25, -0.2) is 4.79 Å². The van der Waals surface area contributed by atoms with Crippen LogP contribution in [0.5, 0.6) is 0 Å². The Bertz CT molecular complexity index is 504. The van der Waals surface area contributed by atoms with E-state index in [0.29, 0.717) is 17.8 Å². The monoisotopic (exact) mass is 277 g/mol. The van der Waals surface area contributed by atoms with Gasteiger partial charge < -0.3 is 15.7 Å². The van der Waals surface area contributed by atoms with Gasteiger partial charge in [-0.15, -0.1) is 0 Å². The SMILES string of the molecule is CNCCCNC(=O)N1CC(C(=O)O)c2ccccc21. The zero-order chi connectivity index (χ0) is 14.5. The summed E-state index contributed by atoms with van der Waals surface area (Å²) in [5, 5.41) is 15.1. The number of carboxylic acids is 1. The molecule has 3 N–H and O–H groups in total. The highest BCUT2D eigenvalue weighted by Crippen LogP contribution is 2.36. The number of rotatable bonds is 5. The van der Waals surface area contributed by atoms with Gasteiger partial charge in [0.15, 0.2) is 0 Å². The second-order valence-corrected chi connectivity index (χ2v) is 4.75. The number of anilines is 1. The Morgan fingerprint density at radius 1 is 1.35 bits per heavy atom. The molecule has 1 atom stereocenters. The number of hydrogen-bond donors (Lipinski definition) is 3. The molecule has 1 aromatic rings. The lowest BCUT2D eigenvalue weighted by Gasteiger charge is -2.18. The van der Waals surface area contributed by atoms with Crippen LogP contribution in [0.25, 0.3) is 0 Å². The first-order valence-electron chi connectivity index (χ1n) is 6.67. The van der Waals surface area contributed by atoms with Crippen LogP contribution >= 0.6 is 0 Å². The molecule has 0 saturated heterocycles. The third-order valence-electron chi connectivity index (χ3n) is 3.39. The fourth-order valence-electron chi connectivity index (χ4n) is 2.37. The minimum absolute atomic E-state index is 0.187. The Labute approximate surface area is 117 Å². The van der Waals surface area contributed by atoms with Gasteiger partial charge >= 0.3 is 12.0 Å². The van der Waals surface area contributed by atoms with E-state index in [2.05, 4.69) is 10.6 Å². The zero-order valence-corrected chi connectivity index (χ0v) is 11.4. The molecule has 0 aromatic heterocycles. The van der Waals surface area contributed by atoms with E-state index < -0.39 is 11.9 Å². The third-order valence-corrected chi connectivity index (χ3v) is 3.39. The maximum absolute atomic E-state index is 12.1. The molecule has 0 fully saturated rings. The summed E-state index contributed by atoms with van der Waals surface area (Å²) in [5.74, 6) is -1.54. The number of nitrogens with zero attached hydrogens (tertiary/aromatic N) is 1. The molecule has 0 bridgehead atoms. The molecule has 0 spiro atoms. The van der Waals surface area contributed by atoms with Crippen molar-refractivity contribution < 1.29 is 14.7 Å². The van der Waals surface area contributed by atoms with E-state index in [1.807, 2.05) is 13.1 Å². The van der Waals surface area contributed by atoms with E-state index in [1.54, 1.807) is 18.2 Å². The third kappa shape index (κ3) is 2.91. The van der Waals surface area contributed by atoms with Gasteiger partial charge in [-0.2, -0.15) is 0 Å². The normalized spacial score (nSPS) is 16.9. The summed E-state index contributed by atoms with van der Waals surface area (Å²) in [6.07, 6.45) is 0.833. The molecule has 1 aromatic carbocycles. The Hall–Kier alpha value is -2.08. The number of urea groups is 1. The van der Waals surface area contributed by atoms with E-state index in [1.165, 1.54) is 4.90 Å². The van der Waals surface area contributed by atoms with Crippen molar-refractivity contribution in [3.63, 3.8) is 0 Å². The molecule has 1 aliphatic rings. The number of nitrogens with one attached hydrogen (secondary N) is 2. The van der Waals surface area contributed by atoms with Crippen molar-refractivity contribution in [2.45, 2.75) is 12.3 Å². The van der Waals surface area contributed by atoms with Gasteiger partial charge in [0.05, 0.1) is 0 Å². The lowest BCUT2D eigenvalue weighted by Crippen LogP contribution is -2.40. The first kappa shape index (κ1) is 14.3. The Morgan fingerprint density at radius 2 is 2.10 bits per heavy atom. The molecule has 108 valence electrons. The van der Waals surface area contributed by atoms with Gasteiger partial charge in [0.25, 0.3) is 0 Å². The predicted molar refractivity (Wildman–Crippen MR) is 76.1 cm³/mol. The van der Waals surface area contributed by atoms with E-state index >= 15 is 0 Å². The second kappa shape index (κ2) is 6.38. The lowest BCUT2D eigenvalue weighted by atomic mass is 10.0. The summed E-state index contributed by atoms with van der Waals surface area (Å²) in [7, 11) is 1.86. The number of carbonyl (C=O) groups excluding carboxylic acids is 1. The second-order valence-electron chi connectivity index (χ2n) is 4.75. The number of aliphatic carboxylic acids is 1. The average molecular weight is 277 g/mol. The quantitative estimate of drug-likeness (QED) is 0.701. The van der Waals surface area contributed by atoms with Crippen LogP contribution < -0.4 is 15.5 Å². The van der Waals surface area contributed by atoms with E-state index in [0.717, 1.165) is 13.0 Å². The van der Waals surface area contributed by atoms with Gasteiger partial charge in [0.2, 0.25) is 0 Å². The van der Waals surface area contributed by atoms with Crippen LogP contribution in [0.2, 0.25) is 0 Å². The minimum Gasteiger partial charge on any atom is -0.481 e. The summed E-state index contributed by atoms with van der Waals surface area (Å²) in [6, 6.07) is 6.92. The number of carbonyl (C=O) groups is 2. The molecule has 6 heteroatoms. The van der Waals surface area contributed by atoms with Gasteiger partial charge in [-0.3, -0.25) is 9.69 Å². The number of hydrogen-bond acceptors (Lipinski definition) is 3. The van der Waals surface area contributed by atoms with Crippen molar-refractivity contribution in [1.29, 1.82) is 0 Å². The highest BCUT2D eigenvalue weighted by molar-refractivity contribution is 5.97. The molecule has 2 amide bonds. The summed E-state index contributed by atoms with van der Waals surface area (Å²) < 4.78 is 0. The number of para-hydroxylation sites is 1. The van der Waals surface area contributed by atoms with Crippen LogP contribution in [-0.4, -0.2) is 43.8 Å². The summed E-state index contributed by atoms with van der Waals surface area (Å²) in [4.78, 5) is 24.9. The van der Waals surface area contributed by atoms with E-state index in [9.17, 15) is 14.7 Å². The Balaban J connectivity index is 2.06. The first-order valence-corrected chi connectivity index (χ1v) is 6.67. The Morgan fingerprint density at radius 3 is 2.80 bits per heavy atom. The number of benzene rings is 1.